The predicted octanol–water partition coefficient (Wildman–Crippen LogP) is 24.3. The first-order valence-electron chi connectivity index (χ1n) is 32.1. The molecule has 76 heavy (non-hydrogen) atoms. The molecule has 0 radical (unpaired) electrons. The minimum absolute atomic E-state index is 0.579. The van der Waals surface area contributed by atoms with Crippen molar-refractivity contribution in [2.45, 2.75) is 233 Å². The molecule has 0 heterocycles. The highest BCUT2D eigenvalue weighted by Crippen LogP contribution is 2.51. The molecule has 2 nitrogen and oxygen atoms in total. The third kappa shape index (κ3) is 13.4. The van der Waals surface area contributed by atoms with E-state index in [1.165, 1.54) is 292 Å². The molecule has 0 saturated carbocycles. The number of fused-ring (bicyclic) bond motifs is 6. The lowest BCUT2D eigenvalue weighted by molar-refractivity contribution is 0.228. The van der Waals surface area contributed by atoms with Crippen molar-refractivity contribution in [3.05, 3.63) is 97.1 Å². The van der Waals surface area contributed by atoms with E-state index in [1.54, 1.807) is 0 Å². The summed E-state index contributed by atoms with van der Waals surface area (Å²) in [5.74, 6) is 3.32. The van der Waals surface area contributed by atoms with Crippen molar-refractivity contribution in [2.75, 3.05) is 13.2 Å². The molecule has 0 aromatic heterocycles. The standard InChI is InChI=1S/C74H98O2/c1-5-9-13-17-21-23-27-31-39-55(37-29-25-19-15-11-7-3)53-75-73-65-43-35-33-41-57(65)59-45-47-61-64-50-52-68-72-60(46-48-62(70(64)72)63-49-51-67(73)71(59)69(61)63)58-42-34-36-44-66(58)74(68)76-54-56(38-30-26-20-16-12-8-4)40-32-28-24-22-18-14-10-6-2/h33-36,41-52,55-56H,5-32,37-40,53-54H2,1-4H3. The Morgan fingerprint density at radius 2 is 0.461 bits per heavy atom. The van der Waals surface area contributed by atoms with E-state index in [0.29, 0.717) is 11.8 Å². The normalized spacial score (nSPS) is 13.1. The van der Waals surface area contributed by atoms with Gasteiger partial charge in [0.05, 0.1) is 13.2 Å². The van der Waals surface area contributed by atoms with E-state index in [1.807, 2.05) is 0 Å². The van der Waals surface area contributed by atoms with Gasteiger partial charge >= 0.3 is 0 Å². The predicted molar refractivity (Wildman–Crippen MR) is 337 cm³/mol. The summed E-state index contributed by atoms with van der Waals surface area (Å²) in [6, 6.07) is 37.6. The van der Waals surface area contributed by atoms with Gasteiger partial charge < -0.3 is 9.47 Å². The lowest BCUT2D eigenvalue weighted by atomic mass is 9.83. The third-order valence-corrected chi connectivity index (χ3v) is 18.1. The van der Waals surface area contributed by atoms with E-state index in [4.69, 9.17) is 9.47 Å². The lowest BCUT2D eigenvalue weighted by Gasteiger charge is -2.24. The Labute approximate surface area is 460 Å². The van der Waals surface area contributed by atoms with Gasteiger partial charge in [-0.1, -0.05) is 292 Å². The maximum Gasteiger partial charge on any atom is 0.135 e. The van der Waals surface area contributed by atoms with E-state index in [-0.39, 0.29) is 0 Å². The maximum atomic E-state index is 7.32. The zero-order valence-corrected chi connectivity index (χ0v) is 48.3. The van der Waals surface area contributed by atoms with Gasteiger partial charge in [-0.05, 0) is 104 Å². The summed E-state index contributed by atoms with van der Waals surface area (Å²) < 4.78 is 14.6. The first-order chi connectivity index (χ1) is 37.7. The maximum absolute atomic E-state index is 7.32. The first-order valence-corrected chi connectivity index (χ1v) is 32.1. The quantitative estimate of drug-likeness (QED) is 0.0218. The number of hydrogen-bond donors (Lipinski definition) is 0. The average molecular weight is 1020 g/mol. The van der Waals surface area contributed by atoms with Gasteiger partial charge in [-0.3, -0.25) is 0 Å². The Hall–Kier alpha value is -4.82. The van der Waals surface area contributed by atoms with E-state index in [2.05, 4.69) is 125 Å². The monoisotopic (exact) mass is 1020 g/mol. The van der Waals surface area contributed by atoms with Crippen LogP contribution in [0.2, 0.25) is 0 Å². The van der Waals surface area contributed by atoms with Crippen molar-refractivity contribution in [3.8, 4) is 11.5 Å². The van der Waals surface area contributed by atoms with Gasteiger partial charge in [0.15, 0.2) is 0 Å². The Morgan fingerprint density at radius 3 is 0.750 bits per heavy atom. The number of unbranched alkanes of at least 4 members (excludes halogenated alkanes) is 24. The molecule has 9 aromatic rings. The summed E-state index contributed by atoms with van der Waals surface area (Å²) in [6.07, 6.45) is 43.1. The van der Waals surface area contributed by atoms with Crippen LogP contribution in [-0.2, 0) is 0 Å². The second-order valence-corrected chi connectivity index (χ2v) is 23.9. The lowest BCUT2D eigenvalue weighted by Crippen LogP contribution is -2.13. The molecule has 2 unspecified atom stereocenters. The fraction of sp³-hybridized carbons (Fsp3) is 0.541. The fourth-order valence-electron chi connectivity index (χ4n) is 13.7. The molecule has 0 bridgehead atoms. The summed E-state index contributed by atoms with van der Waals surface area (Å²) in [5.41, 5.74) is 0. The Bertz CT molecular complexity index is 2910. The Balaban J connectivity index is 1.05. The number of hydrogen-bond acceptors (Lipinski definition) is 2. The van der Waals surface area contributed by atoms with Crippen LogP contribution in [0.4, 0.5) is 0 Å². The highest BCUT2D eigenvalue weighted by molar-refractivity contribution is 6.43. The molecule has 0 aliphatic rings. The molecule has 2 heteroatoms. The minimum atomic E-state index is 0.579. The number of rotatable bonds is 38. The van der Waals surface area contributed by atoms with Gasteiger partial charge in [0.25, 0.3) is 0 Å². The highest BCUT2D eigenvalue weighted by atomic mass is 16.5. The van der Waals surface area contributed by atoms with Crippen LogP contribution in [0.3, 0.4) is 0 Å². The minimum Gasteiger partial charge on any atom is -0.492 e. The van der Waals surface area contributed by atoms with Crippen LogP contribution in [0.5, 0.6) is 11.5 Å². The molecule has 0 amide bonds. The van der Waals surface area contributed by atoms with Crippen LogP contribution in [0, 0.1) is 11.8 Å². The van der Waals surface area contributed by atoms with Crippen molar-refractivity contribution in [3.63, 3.8) is 0 Å². The molecule has 406 valence electrons. The molecule has 0 spiro atoms. The van der Waals surface area contributed by atoms with Crippen LogP contribution in [0.15, 0.2) is 97.1 Å². The van der Waals surface area contributed by atoms with Gasteiger partial charge in [0.2, 0.25) is 0 Å². The Morgan fingerprint density at radius 1 is 0.237 bits per heavy atom. The molecular formula is C74H98O2. The zero-order chi connectivity index (χ0) is 52.3. The third-order valence-electron chi connectivity index (χ3n) is 18.1. The van der Waals surface area contributed by atoms with Crippen molar-refractivity contribution in [1.82, 2.24) is 0 Å². The molecule has 0 aliphatic carbocycles. The molecule has 0 N–H and O–H groups in total. The van der Waals surface area contributed by atoms with Crippen LogP contribution >= 0.6 is 0 Å². The van der Waals surface area contributed by atoms with Gasteiger partial charge in [0, 0.05) is 32.3 Å². The summed E-state index contributed by atoms with van der Waals surface area (Å²) >= 11 is 0. The first kappa shape index (κ1) is 55.9. The van der Waals surface area contributed by atoms with Crippen molar-refractivity contribution < 1.29 is 9.47 Å². The van der Waals surface area contributed by atoms with E-state index >= 15 is 0 Å². The van der Waals surface area contributed by atoms with Gasteiger partial charge in [0.1, 0.15) is 11.5 Å². The van der Waals surface area contributed by atoms with Gasteiger partial charge in [-0.15, -0.1) is 0 Å². The summed E-state index contributed by atoms with van der Waals surface area (Å²) in [5, 5.41) is 21.1. The van der Waals surface area contributed by atoms with Gasteiger partial charge in [-0.25, -0.2) is 0 Å². The fourth-order valence-corrected chi connectivity index (χ4v) is 13.7. The number of benzene rings is 9. The van der Waals surface area contributed by atoms with Crippen LogP contribution in [0.1, 0.15) is 233 Å². The SMILES string of the molecule is CCCCCCCCCCC(CCCCCCCC)COc1c2ccccc2c2ccc3c4ccc5c(OCC(CCCCCCCC)CCCCCCCCCC)c6ccccc6c6ccc(c7ccc1c2c73)c4c56. The van der Waals surface area contributed by atoms with Crippen LogP contribution < -0.4 is 9.47 Å². The van der Waals surface area contributed by atoms with E-state index < -0.39 is 0 Å². The van der Waals surface area contributed by atoms with Crippen molar-refractivity contribution >= 4 is 86.2 Å². The topological polar surface area (TPSA) is 18.5 Å². The van der Waals surface area contributed by atoms with Crippen LogP contribution in [-0.4, -0.2) is 13.2 Å². The molecule has 2 atom stereocenters. The summed E-state index contributed by atoms with van der Waals surface area (Å²) in [6.45, 7) is 10.9. The summed E-state index contributed by atoms with van der Waals surface area (Å²) in [4.78, 5) is 0. The molecule has 9 rings (SSSR count). The van der Waals surface area contributed by atoms with Crippen LogP contribution in [0.25, 0.3) is 86.2 Å². The average Bonchev–Trinajstić information content (AvgIpc) is 3.49. The second-order valence-electron chi connectivity index (χ2n) is 23.9. The van der Waals surface area contributed by atoms with Gasteiger partial charge in [-0.2, -0.15) is 0 Å². The largest absolute Gasteiger partial charge is 0.492 e. The summed E-state index contributed by atoms with van der Waals surface area (Å²) in [7, 11) is 0. The smallest absolute Gasteiger partial charge is 0.135 e. The molecular weight excluding hydrogens is 921 g/mol. The van der Waals surface area contributed by atoms with Crippen molar-refractivity contribution in [2.24, 2.45) is 11.8 Å². The Kier molecular flexibility index (Phi) is 21.5. The van der Waals surface area contributed by atoms with Crippen molar-refractivity contribution in [1.29, 1.82) is 0 Å². The molecule has 9 aromatic carbocycles. The molecule has 0 aliphatic heterocycles. The zero-order valence-electron chi connectivity index (χ0n) is 48.3. The van der Waals surface area contributed by atoms with E-state index in [0.717, 1.165) is 24.7 Å². The van der Waals surface area contributed by atoms with E-state index in [9.17, 15) is 0 Å². The number of ether oxygens (including phenoxy) is 2. The second kappa shape index (κ2) is 29.2. The molecule has 0 saturated heterocycles. The highest BCUT2D eigenvalue weighted by Gasteiger charge is 2.24. The molecule has 0 fully saturated rings.